The number of fused-ring (bicyclic) bond motifs is 1. The molecule has 0 amide bonds. The fraction of sp³-hybridized carbons (Fsp3) is 0.0976. The number of pyridine rings is 6. The molecular weight excluding hydrogens is 1060 g/mol. The van der Waals surface area contributed by atoms with Gasteiger partial charge in [-0.25, -0.2) is 9.97 Å². The third kappa shape index (κ3) is 11.6. The van der Waals surface area contributed by atoms with Crippen LogP contribution in [0.25, 0.3) is 56.6 Å². The summed E-state index contributed by atoms with van der Waals surface area (Å²) in [6.07, 6.45) is 7.02. The Bertz CT molecular complexity index is 2090. The first-order chi connectivity index (χ1) is 25.6. The molecule has 7 heterocycles. The van der Waals surface area contributed by atoms with Crippen LogP contribution in [0.2, 0.25) is 0 Å². The maximum atomic E-state index is 5.63. The van der Waals surface area contributed by atoms with Gasteiger partial charge in [0.05, 0.1) is 69.8 Å². The van der Waals surface area contributed by atoms with Crippen molar-refractivity contribution in [3.63, 3.8) is 0 Å². The molecule has 13 heteroatoms. The average Bonchev–Trinajstić information content (AvgIpc) is 3.60. The Hall–Kier alpha value is -5.21. The number of ether oxygens (including phenoxy) is 2. The molecule has 54 heavy (non-hydrogen) atoms. The number of hydrogen-bond acceptors (Lipinski definition) is 9. The van der Waals surface area contributed by atoms with Gasteiger partial charge in [-0.1, -0.05) is 36.4 Å². The van der Waals surface area contributed by atoms with Gasteiger partial charge < -0.3 is 19.4 Å². The summed E-state index contributed by atoms with van der Waals surface area (Å²) in [5.41, 5.74) is 8.51. The van der Waals surface area contributed by atoms with Gasteiger partial charge in [0.2, 0.25) is 0 Å². The van der Waals surface area contributed by atoms with E-state index in [1.54, 1.807) is 24.8 Å². The predicted molar refractivity (Wildman–Crippen MR) is 207 cm³/mol. The van der Waals surface area contributed by atoms with E-state index in [4.69, 9.17) is 21.7 Å². The van der Waals surface area contributed by atoms with Crippen molar-refractivity contribution in [2.75, 3.05) is 13.2 Å². The van der Waals surface area contributed by atoms with E-state index in [2.05, 4.69) is 39.9 Å². The molecule has 0 radical (unpaired) electrons. The van der Waals surface area contributed by atoms with Crippen molar-refractivity contribution >= 4 is 23.3 Å². The van der Waals surface area contributed by atoms with Crippen LogP contribution < -0.4 is 9.47 Å². The van der Waals surface area contributed by atoms with Gasteiger partial charge in [-0.15, -0.1) is 0 Å². The van der Waals surface area contributed by atoms with E-state index in [1.165, 1.54) is 0 Å². The number of nitrogens with zero attached hydrogens (tertiary/aromatic N) is 6. The first kappa shape index (κ1) is 41.5. The number of hydrogen-bond donors (Lipinski definition) is 2. The Kier molecular flexibility index (Phi) is 16.5. The van der Waals surface area contributed by atoms with Crippen LogP contribution in [0.4, 0.5) is 0 Å². The van der Waals surface area contributed by atoms with Gasteiger partial charge >= 0.3 is 0 Å². The maximum Gasteiger partial charge on any atom is 0.175 e. The van der Waals surface area contributed by atoms with Crippen molar-refractivity contribution < 1.29 is 51.6 Å². The topological polar surface area (TPSA) is 127 Å². The first-order valence-corrected chi connectivity index (χ1v) is 17.1. The second kappa shape index (κ2) is 21.5. The molecule has 1 aromatic carbocycles. The van der Waals surface area contributed by atoms with Gasteiger partial charge in [0.1, 0.15) is 11.5 Å². The van der Waals surface area contributed by atoms with Crippen molar-refractivity contribution in [2.24, 2.45) is 0 Å². The molecule has 0 spiro atoms. The number of nitrogens with one attached hydrogen (secondary N) is 2. The monoisotopic (exact) mass is 1090 g/mol. The van der Waals surface area contributed by atoms with Gasteiger partial charge in [-0.2, -0.15) is 0 Å². The van der Waals surface area contributed by atoms with Crippen LogP contribution in [0.5, 0.6) is 11.5 Å². The van der Waals surface area contributed by atoms with Crippen LogP contribution in [0.3, 0.4) is 0 Å². The molecule has 0 bridgehead atoms. The fourth-order valence-electron chi connectivity index (χ4n) is 5.07. The standard InChI is InChI=1S/2C17H15N3O.C7H6N2S.2Pt/c2*1-2-21-13-11-16(14-7-3-5-9-18-14)20-17(12-13)15-8-4-6-10-19-15;10-7-8-5-3-1-2-4-6(5)9-7;;/h2*3-12H,2H2,1H3;1-4H,(H2,8,9,10);;. The zero-order chi connectivity index (χ0) is 36.0. The SMILES string of the molecule is CCOc1cc(-c2ccccn2)nc(-c2ccccn2)c1.CCOc1cc(-c2ccccn2)nc(-c2ccccn2)c1.S=c1[nH]c2ccccc2[nH]1.[Pt].[Pt]. The minimum Gasteiger partial charge on any atom is -0.494 e. The van der Waals surface area contributed by atoms with Crippen molar-refractivity contribution in [3.8, 4) is 57.1 Å². The summed E-state index contributed by atoms with van der Waals surface area (Å²) in [7, 11) is 0. The molecule has 0 aliphatic rings. The largest absolute Gasteiger partial charge is 0.494 e. The molecular formula is C41H36N8O2Pt2S. The van der Waals surface area contributed by atoms with Crippen LogP contribution in [0, 0.1) is 4.77 Å². The van der Waals surface area contributed by atoms with Crippen molar-refractivity contribution in [1.29, 1.82) is 0 Å². The van der Waals surface area contributed by atoms with E-state index >= 15 is 0 Å². The number of rotatable bonds is 8. The molecule has 0 aliphatic heterocycles. The summed E-state index contributed by atoms with van der Waals surface area (Å²) in [6.45, 7) is 5.13. The van der Waals surface area contributed by atoms with Gasteiger partial charge in [-0.3, -0.25) is 19.9 Å². The summed E-state index contributed by atoms with van der Waals surface area (Å²) in [5.74, 6) is 1.54. The maximum absolute atomic E-state index is 5.63. The second-order valence-corrected chi connectivity index (χ2v) is 11.4. The van der Waals surface area contributed by atoms with Gasteiger partial charge in [0.15, 0.2) is 4.77 Å². The van der Waals surface area contributed by atoms with Crippen LogP contribution >= 0.6 is 12.2 Å². The van der Waals surface area contributed by atoms with Crippen LogP contribution in [0.15, 0.2) is 146 Å². The Balaban J connectivity index is 0.000000187. The molecule has 2 N–H and O–H groups in total. The minimum absolute atomic E-state index is 0. The number of aromatic amines is 2. The van der Waals surface area contributed by atoms with E-state index in [1.807, 2.05) is 135 Å². The quantitative estimate of drug-likeness (QED) is 0.143. The fourth-order valence-corrected chi connectivity index (χ4v) is 5.29. The van der Waals surface area contributed by atoms with Gasteiger partial charge in [0, 0.05) is 91.2 Å². The number of para-hydroxylation sites is 2. The molecule has 8 rings (SSSR count). The molecule has 8 aromatic rings. The van der Waals surface area contributed by atoms with Crippen molar-refractivity contribution in [1.82, 2.24) is 39.9 Å². The smallest absolute Gasteiger partial charge is 0.175 e. The molecule has 278 valence electrons. The van der Waals surface area contributed by atoms with Gasteiger partial charge in [-0.05, 0) is 86.7 Å². The van der Waals surface area contributed by atoms with Crippen LogP contribution in [0.1, 0.15) is 13.8 Å². The third-order valence-electron chi connectivity index (χ3n) is 7.35. The second-order valence-electron chi connectivity index (χ2n) is 11.0. The molecule has 10 nitrogen and oxygen atoms in total. The molecule has 0 saturated heterocycles. The summed E-state index contributed by atoms with van der Waals surface area (Å²) >= 11 is 4.90. The molecule has 0 atom stereocenters. The predicted octanol–water partition coefficient (Wildman–Crippen LogP) is 9.43. The molecule has 0 aliphatic carbocycles. The number of H-pyrrole nitrogens is 2. The van der Waals surface area contributed by atoms with E-state index in [-0.39, 0.29) is 42.1 Å². The van der Waals surface area contributed by atoms with Crippen molar-refractivity contribution in [3.05, 3.63) is 151 Å². The Morgan fingerprint density at radius 2 is 0.741 bits per heavy atom. The van der Waals surface area contributed by atoms with E-state index in [9.17, 15) is 0 Å². The summed E-state index contributed by atoms with van der Waals surface area (Å²) < 4.78 is 12.0. The minimum atomic E-state index is 0. The third-order valence-corrected chi connectivity index (χ3v) is 7.56. The molecule has 0 unspecified atom stereocenters. The van der Waals surface area contributed by atoms with E-state index in [0.29, 0.717) is 18.0 Å². The normalized spacial score (nSPS) is 9.96. The Morgan fingerprint density at radius 3 is 1.00 bits per heavy atom. The summed E-state index contributed by atoms with van der Waals surface area (Å²) in [4.78, 5) is 32.7. The summed E-state index contributed by atoms with van der Waals surface area (Å²) in [5, 5.41) is 0. The average molecular weight is 1100 g/mol. The van der Waals surface area contributed by atoms with E-state index < -0.39 is 0 Å². The van der Waals surface area contributed by atoms with E-state index in [0.717, 1.165) is 68.1 Å². The van der Waals surface area contributed by atoms with Crippen LogP contribution in [-0.4, -0.2) is 53.1 Å². The summed E-state index contributed by atoms with van der Waals surface area (Å²) in [6, 6.07) is 38.6. The van der Waals surface area contributed by atoms with Gasteiger partial charge in [0.25, 0.3) is 0 Å². The molecule has 7 aromatic heterocycles. The number of aromatic nitrogens is 8. The Labute approximate surface area is 347 Å². The first-order valence-electron chi connectivity index (χ1n) is 16.7. The molecule has 0 fully saturated rings. The Morgan fingerprint density at radius 1 is 0.444 bits per heavy atom. The van der Waals surface area contributed by atoms with Crippen molar-refractivity contribution in [2.45, 2.75) is 13.8 Å². The number of benzene rings is 1. The zero-order valence-corrected chi connectivity index (χ0v) is 34.7. The number of imidazole rings is 1. The zero-order valence-electron chi connectivity index (χ0n) is 29.3. The molecule has 0 saturated carbocycles. The van der Waals surface area contributed by atoms with Crippen LogP contribution in [-0.2, 0) is 42.1 Å².